The van der Waals surface area contributed by atoms with Gasteiger partial charge in [-0.3, -0.25) is 0 Å². The van der Waals surface area contributed by atoms with Crippen molar-refractivity contribution in [1.82, 2.24) is 0 Å². The molecule has 9 heteroatoms. The van der Waals surface area contributed by atoms with Gasteiger partial charge in [-0.2, -0.15) is 8.42 Å². The standard InChI is InChI=1S/C22H20N2O6S/c1-15-7-9-17(10-8-15)23-22(27)24-18-11-12-19(21(25)26)20(13-18)30-31(28,29)14-16-5-3-2-4-6-16/h2-13H,14H2,1H3,(H,25,26)(H2,23,24,27). The van der Waals surface area contributed by atoms with Crippen LogP contribution in [0, 0.1) is 6.92 Å². The first kappa shape index (κ1) is 21.8. The second-order valence-corrected chi connectivity index (χ2v) is 8.30. The van der Waals surface area contributed by atoms with E-state index in [1.54, 1.807) is 42.5 Å². The van der Waals surface area contributed by atoms with Gasteiger partial charge in [-0.15, -0.1) is 0 Å². The fourth-order valence-electron chi connectivity index (χ4n) is 2.72. The lowest BCUT2D eigenvalue weighted by Crippen LogP contribution is -2.20. The van der Waals surface area contributed by atoms with E-state index < -0.39 is 33.6 Å². The number of aryl methyl sites for hydroxylation is 1. The van der Waals surface area contributed by atoms with E-state index in [0.717, 1.165) is 17.7 Å². The van der Waals surface area contributed by atoms with E-state index in [1.807, 2.05) is 19.1 Å². The molecular weight excluding hydrogens is 420 g/mol. The maximum Gasteiger partial charge on any atom is 0.339 e. The Morgan fingerprint density at radius 2 is 1.52 bits per heavy atom. The molecule has 0 bridgehead atoms. The number of amides is 2. The molecule has 3 aromatic carbocycles. The van der Waals surface area contributed by atoms with Crippen molar-refractivity contribution in [2.75, 3.05) is 10.6 Å². The van der Waals surface area contributed by atoms with Crippen LogP contribution in [0.15, 0.2) is 72.8 Å². The lowest BCUT2D eigenvalue weighted by molar-refractivity contribution is 0.0695. The lowest BCUT2D eigenvalue weighted by Gasteiger charge is -2.12. The highest BCUT2D eigenvalue weighted by atomic mass is 32.2. The fourth-order valence-corrected chi connectivity index (χ4v) is 3.79. The van der Waals surface area contributed by atoms with Gasteiger partial charge in [0.1, 0.15) is 11.3 Å². The molecule has 3 aromatic rings. The van der Waals surface area contributed by atoms with Gasteiger partial charge in [-0.25, -0.2) is 9.59 Å². The normalized spacial score (nSPS) is 10.9. The van der Waals surface area contributed by atoms with E-state index in [2.05, 4.69) is 10.6 Å². The molecule has 8 nitrogen and oxygen atoms in total. The van der Waals surface area contributed by atoms with Gasteiger partial charge in [0, 0.05) is 17.4 Å². The second-order valence-electron chi connectivity index (χ2n) is 6.73. The Morgan fingerprint density at radius 3 is 2.16 bits per heavy atom. The highest BCUT2D eigenvalue weighted by Gasteiger charge is 2.20. The van der Waals surface area contributed by atoms with Gasteiger partial charge >= 0.3 is 22.1 Å². The molecule has 0 spiro atoms. The van der Waals surface area contributed by atoms with Crippen molar-refractivity contribution < 1.29 is 27.3 Å². The van der Waals surface area contributed by atoms with Gasteiger partial charge in [0.25, 0.3) is 0 Å². The molecule has 31 heavy (non-hydrogen) atoms. The first-order chi connectivity index (χ1) is 14.7. The summed E-state index contributed by atoms with van der Waals surface area (Å²) in [7, 11) is -4.13. The molecule has 0 aliphatic carbocycles. The molecule has 0 atom stereocenters. The van der Waals surface area contributed by atoms with Crippen LogP contribution < -0.4 is 14.8 Å². The highest BCUT2D eigenvalue weighted by Crippen LogP contribution is 2.26. The predicted octanol–water partition coefficient (Wildman–Crippen LogP) is 4.25. The maximum atomic E-state index is 12.4. The fraction of sp³-hybridized carbons (Fsp3) is 0.0909. The average Bonchev–Trinajstić information content (AvgIpc) is 2.69. The first-order valence-corrected chi connectivity index (χ1v) is 10.8. The molecular formula is C22H20N2O6S. The third-order valence-electron chi connectivity index (χ3n) is 4.18. The van der Waals surface area contributed by atoms with Crippen molar-refractivity contribution in [3.63, 3.8) is 0 Å². The Kier molecular flexibility index (Phi) is 6.56. The highest BCUT2D eigenvalue weighted by molar-refractivity contribution is 7.86. The number of hydrogen-bond donors (Lipinski definition) is 3. The summed E-state index contributed by atoms with van der Waals surface area (Å²) in [4.78, 5) is 23.7. The maximum absolute atomic E-state index is 12.4. The topological polar surface area (TPSA) is 122 Å². The molecule has 0 radical (unpaired) electrons. The zero-order chi connectivity index (χ0) is 22.4. The minimum Gasteiger partial charge on any atom is -0.478 e. The number of rotatable bonds is 7. The van der Waals surface area contributed by atoms with Crippen LogP contribution in [-0.2, 0) is 15.9 Å². The summed E-state index contributed by atoms with van der Waals surface area (Å²) < 4.78 is 29.9. The number of anilines is 2. The van der Waals surface area contributed by atoms with Gasteiger partial charge in [-0.05, 0) is 36.8 Å². The predicted molar refractivity (Wildman–Crippen MR) is 117 cm³/mol. The number of carboxylic acid groups (broad SMARTS) is 1. The van der Waals surface area contributed by atoms with Crippen LogP contribution in [0.25, 0.3) is 0 Å². The van der Waals surface area contributed by atoms with E-state index in [1.165, 1.54) is 6.07 Å². The molecule has 0 aliphatic heterocycles. The number of nitrogens with one attached hydrogen (secondary N) is 2. The zero-order valence-corrected chi connectivity index (χ0v) is 17.3. The van der Waals surface area contributed by atoms with Crippen LogP contribution in [0.2, 0.25) is 0 Å². The number of carbonyl (C=O) groups is 2. The minimum atomic E-state index is -4.13. The van der Waals surface area contributed by atoms with Crippen molar-refractivity contribution in [3.05, 3.63) is 89.5 Å². The van der Waals surface area contributed by atoms with E-state index in [9.17, 15) is 23.1 Å². The quantitative estimate of drug-likeness (QED) is 0.472. The number of carboxylic acids is 1. The summed E-state index contributed by atoms with van der Waals surface area (Å²) >= 11 is 0. The molecule has 160 valence electrons. The summed E-state index contributed by atoms with van der Waals surface area (Å²) in [6, 6.07) is 18.6. The Morgan fingerprint density at radius 1 is 0.903 bits per heavy atom. The molecule has 0 saturated heterocycles. The lowest BCUT2D eigenvalue weighted by atomic mass is 10.2. The van der Waals surface area contributed by atoms with Gasteiger partial charge in [-0.1, -0.05) is 48.0 Å². The number of carbonyl (C=O) groups excluding carboxylic acids is 1. The number of aromatic carboxylic acids is 1. The monoisotopic (exact) mass is 440 g/mol. The van der Waals surface area contributed by atoms with Gasteiger partial charge in [0.2, 0.25) is 0 Å². The van der Waals surface area contributed by atoms with Crippen LogP contribution in [0.5, 0.6) is 5.75 Å². The Labute approximate surface area is 179 Å². The van der Waals surface area contributed by atoms with Crippen LogP contribution in [0.1, 0.15) is 21.5 Å². The van der Waals surface area contributed by atoms with E-state index in [-0.39, 0.29) is 11.3 Å². The van der Waals surface area contributed by atoms with Crippen LogP contribution in [0.3, 0.4) is 0 Å². The number of hydrogen-bond acceptors (Lipinski definition) is 5. The molecule has 0 aromatic heterocycles. The molecule has 0 fully saturated rings. The van der Waals surface area contributed by atoms with E-state index in [0.29, 0.717) is 11.3 Å². The summed E-state index contributed by atoms with van der Waals surface area (Å²) in [6.07, 6.45) is 0. The Balaban J connectivity index is 1.77. The Bertz CT molecular complexity index is 1190. The summed E-state index contributed by atoms with van der Waals surface area (Å²) in [5.74, 6) is -2.18. The first-order valence-electron chi connectivity index (χ1n) is 9.20. The molecule has 0 heterocycles. The molecule has 0 saturated carbocycles. The van der Waals surface area contributed by atoms with Crippen molar-refractivity contribution in [3.8, 4) is 5.75 Å². The van der Waals surface area contributed by atoms with Gasteiger partial charge < -0.3 is 19.9 Å². The summed E-state index contributed by atoms with van der Waals surface area (Å²) in [5.41, 5.74) is 1.91. The van der Waals surface area contributed by atoms with Crippen LogP contribution in [-0.4, -0.2) is 25.5 Å². The van der Waals surface area contributed by atoms with Crippen molar-refractivity contribution >= 4 is 33.5 Å². The Hall–Kier alpha value is -3.85. The third kappa shape index (κ3) is 6.31. The smallest absolute Gasteiger partial charge is 0.339 e. The molecule has 0 unspecified atom stereocenters. The van der Waals surface area contributed by atoms with Crippen molar-refractivity contribution in [1.29, 1.82) is 0 Å². The second kappa shape index (κ2) is 9.31. The zero-order valence-electron chi connectivity index (χ0n) is 16.5. The summed E-state index contributed by atoms with van der Waals surface area (Å²) in [6.45, 7) is 1.92. The van der Waals surface area contributed by atoms with Crippen LogP contribution in [0.4, 0.5) is 16.2 Å². The molecule has 3 rings (SSSR count). The number of benzene rings is 3. The minimum absolute atomic E-state index is 0.166. The van der Waals surface area contributed by atoms with Gasteiger partial charge in [0.15, 0.2) is 5.75 Å². The van der Waals surface area contributed by atoms with Crippen molar-refractivity contribution in [2.24, 2.45) is 0 Å². The van der Waals surface area contributed by atoms with E-state index in [4.69, 9.17) is 4.18 Å². The van der Waals surface area contributed by atoms with Crippen LogP contribution >= 0.6 is 0 Å². The number of urea groups is 1. The average molecular weight is 440 g/mol. The summed E-state index contributed by atoms with van der Waals surface area (Å²) in [5, 5.41) is 14.5. The molecule has 3 N–H and O–H groups in total. The molecule has 0 aliphatic rings. The van der Waals surface area contributed by atoms with Gasteiger partial charge in [0.05, 0.1) is 0 Å². The largest absolute Gasteiger partial charge is 0.478 e. The van der Waals surface area contributed by atoms with Crippen molar-refractivity contribution in [2.45, 2.75) is 12.7 Å². The van der Waals surface area contributed by atoms with E-state index >= 15 is 0 Å². The third-order valence-corrected chi connectivity index (χ3v) is 5.30. The SMILES string of the molecule is Cc1ccc(NC(=O)Nc2ccc(C(=O)O)c(OS(=O)(=O)Cc3ccccc3)c2)cc1. The molecule has 2 amide bonds.